The summed E-state index contributed by atoms with van der Waals surface area (Å²) in [6, 6.07) is 6.17. The third-order valence-electron chi connectivity index (χ3n) is 7.12. The lowest BCUT2D eigenvalue weighted by atomic mass is 9.86. The van der Waals surface area contributed by atoms with Crippen LogP contribution in [0.3, 0.4) is 0 Å². The number of nitrogens with zero attached hydrogens (tertiary/aromatic N) is 1. The van der Waals surface area contributed by atoms with Gasteiger partial charge in [-0.3, -0.25) is 0 Å². The third-order valence-corrected chi connectivity index (χ3v) is 7.51. The molecule has 3 rings (SSSR count). The fourth-order valence-corrected chi connectivity index (χ4v) is 5.57. The van der Waals surface area contributed by atoms with Gasteiger partial charge in [-0.1, -0.05) is 78.0 Å². The molecule has 0 radical (unpaired) electrons. The molecule has 2 aliphatic rings. The van der Waals surface area contributed by atoms with Crippen LogP contribution < -0.4 is 5.32 Å². The lowest BCUT2D eigenvalue weighted by molar-refractivity contribution is 0.205. The zero-order valence-corrected chi connectivity index (χ0v) is 21.3. The van der Waals surface area contributed by atoms with E-state index >= 15 is 0 Å². The van der Waals surface area contributed by atoms with Crippen molar-refractivity contribution in [3.63, 3.8) is 0 Å². The lowest BCUT2D eigenvalue weighted by Gasteiger charge is -2.28. The molecule has 1 saturated heterocycles. The number of nitrogens with one attached hydrogen (secondary N) is 1. The minimum absolute atomic E-state index is 0.0596. The second-order valence-electron chi connectivity index (χ2n) is 10.2. The van der Waals surface area contributed by atoms with Crippen LogP contribution in [0.5, 0.6) is 0 Å². The minimum Gasteiger partial charge on any atom is -0.485 e. The Hall–Kier alpha value is -1.62. The van der Waals surface area contributed by atoms with Gasteiger partial charge in [-0.05, 0) is 66.8 Å². The molecule has 178 valence electrons. The van der Waals surface area contributed by atoms with Crippen molar-refractivity contribution in [2.24, 2.45) is 5.92 Å². The van der Waals surface area contributed by atoms with Crippen LogP contribution in [0.15, 0.2) is 18.2 Å². The lowest BCUT2D eigenvalue weighted by Crippen LogP contribution is -2.43. The molecular formula is C27H42N2O2S. The molecule has 1 aliphatic carbocycles. The zero-order chi connectivity index (χ0) is 23.1. The number of likely N-dealkylation sites (tertiary alicyclic amines) is 1. The Labute approximate surface area is 200 Å². The van der Waals surface area contributed by atoms with E-state index in [1.165, 1.54) is 49.7 Å². The highest BCUT2D eigenvalue weighted by atomic mass is 32.1. The summed E-state index contributed by atoms with van der Waals surface area (Å²) in [6.07, 6.45) is 11.1. The van der Waals surface area contributed by atoms with Gasteiger partial charge in [-0.25, -0.2) is 4.79 Å². The Kier molecular flexibility index (Phi) is 9.39. The van der Waals surface area contributed by atoms with E-state index in [1.807, 2.05) is 4.90 Å². The number of hydrogen-bond donors (Lipinski definition) is 1. The van der Waals surface area contributed by atoms with Gasteiger partial charge in [0, 0.05) is 12.2 Å². The molecule has 5 heteroatoms. The van der Waals surface area contributed by atoms with Crippen LogP contribution >= 0.6 is 12.2 Å². The Morgan fingerprint density at radius 3 is 2.34 bits per heavy atom. The SMILES string of the molecule is CC(C)c1cccc(C(C)C)c1NC(=O)N1CCC[C@H]1C(=S)OCCCC1CCCCC1. The summed E-state index contributed by atoms with van der Waals surface area (Å²) in [5.41, 5.74) is 3.33. The Morgan fingerprint density at radius 2 is 1.72 bits per heavy atom. The van der Waals surface area contributed by atoms with Gasteiger partial charge < -0.3 is 15.0 Å². The molecule has 0 unspecified atom stereocenters. The van der Waals surface area contributed by atoms with E-state index in [1.54, 1.807) is 0 Å². The van der Waals surface area contributed by atoms with Gasteiger partial charge in [0.15, 0.2) is 5.05 Å². The molecule has 2 fully saturated rings. The van der Waals surface area contributed by atoms with Gasteiger partial charge in [-0.2, -0.15) is 0 Å². The molecule has 1 aromatic carbocycles. The first-order valence-corrected chi connectivity index (χ1v) is 13.2. The monoisotopic (exact) mass is 458 g/mol. The first-order valence-electron chi connectivity index (χ1n) is 12.8. The van der Waals surface area contributed by atoms with E-state index in [2.05, 4.69) is 51.2 Å². The average molecular weight is 459 g/mol. The van der Waals surface area contributed by atoms with Crippen molar-refractivity contribution in [2.45, 2.75) is 103 Å². The highest BCUT2D eigenvalue weighted by molar-refractivity contribution is 7.80. The first kappa shape index (κ1) is 25.0. The molecule has 1 heterocycles. The maximum Gasteiger partial charge on any atom is 0.322 e. The summed E-state index contributed by atoms with van der Waals surface area (Å²) in [6.45, 7) is 10.1. The average Bonchev–Trinajstić information content (AvgIpc) is 3.27. The molecule has 1 aliphatic heterocycles. The quantitative estimate of drug-likeness (QED) is 0.321. The van der Waals surface area contributed by atoms with E-state index in [0.717, 1.165) is 37.4 Å². The normalized spacial score (nSPS) is 19.6. The maximum absolute atomic E-state index is 13.3. The summed E-state index contributed by atoms with van der Waals surface area (Å²) in [4.78, 5) is 15.2. The molecule has 1 saturated carbocycles. The molecule has 4 nitrogen and oxygen atoms in total. The number of carbonyl (C=O) groups is 1. The van der Waals surface area contributed by atoms with Gasteiger partial charge in [-0.15, -0.1) is 0 Å². The van der Waals surface area contributed by atoms with Crippen molar-refractivity contribution < 1.29 is 9.53 Å². The fraction of sp³-hybridized carbons (Fsp3) is 0.704. The van der Waals surface area contributed by atoms with E-state index in [4.69, 9.17) is 17.0 Å². The molecule has 1 atom stereocenters. The summed E-state index contributed by atoms with van der Waals surface area (Å²) < 4.78 is 5.98. The molecule has 1 N–H and O–H groups in total. The van der Waals surface area contributed by atoms with Crippen LogP contribution in [0.4, 0.5) is 10.5 Å². The standard InChI is InChI=1S/C27H42N2O2S/c1-19(2)22-14-8-15-23(20(3)4)25(22)28-27(30)29-17-9-16-24(29)26(32)31-18-10-13-21-11-6-5-7-12-21/h8,14-15,19-21,24H,5-7,9-13,16-18H2,1-4H3,(H,28,30)/t24-/m0/s1. The number of urea groups is 1. The van der Waals surface area contributed by atoms with E-state index < -0.39 is 0 Å². The number of carbonyl (C=O) groups excluding carboxylic acids is 1. The number of ether oxygens (including phenoxy) is 1. The van der Waals surface area contributed by atoms with Gasteiger partial charge in [0.05, 0.1) is 6.61 Å². The van der Waals surface area contributed by atoms with E-state index in [0.29, 0.717) is 23.5 Å². The maximum atomic E-state index is 13.3. The summed E-state index contributed by atoms with van der Waals surface area (Å²) >= 11 is 5.64. The molecule has 0 aromatic heterocycles. The van der Waals surface area contributed by atoms with Crippen LogP contribution in [0.2, 0.25) is 0 Å². The van der Waals surface area contributed by atoms with E-state index in [-0.39, 0.29) is 12.1 Å². The predicted molar refractivity (Wildman–Crippen MR) is 138 cm³/mol. The van der Waals surface area contributed by atoms with Gasteiger partial charge >= 0.3 is 6.03 Å². The second-order valence-corrected chi connectivity index (χ2v) is 10.6. The first-order chi connectivity index (χ1) is 15.4. The van der Waals surface area contributed by atoms with E-state index in [9.17, 15) is 4.79 Å². The smallest absolute Gasteiger partial charge is 0.322 e. The zero-order valence-electron chi connectivity index (χ0n) is 20.5. The van der Waals surface area contributed by atoms with Gasteiger partial charge in [0.25, 0.3) is 0 Å². The number of anilines is 1. The summed E-state index contributed by atoms with van der Waals surface area (Å²) in [7, 11) is 0. The van der Waals surface area contributed by atoms with Crippen LogP contribution in [0.25, 0.3) is 0 Å². The fourth-order valence-electron chi connectivity index (χ4n) is 5.25. The number of para-hydroxylation sites is 1. The van der Waals surface area contributed by atoms with Crippen molar-refractivity contribution in [3.05, 3.63) is 29.3 Å². The number of hydrogen-bond acceptors (Lipinski definition) is 3. The van der Waals surface area contributed by atoms with Crippen LogP contribution in [-0.2, 0) is 4.74 Å². The molecule has 2 amide bonds. The van der Waals surface area contributed by atoms with Crippen molar-refractivity contribution in [1.29, 1.82) is 0 Å². The van der Waals surface area contributed by atoms with Crippen molar-refractivity contribution >= 4 is 29.0 Å². The Balaban J connectivity index is 1.58. The number of thiocarbonyl (C=S) groups is 1. The minimum atomic E-state index is -0.103. The predicted octanol–water partition coefficient (Wildman–Crippen LogP) is 7.63. The Bertz CT molecular complexity index is 745. The molecule has 0 spiro atoms. The molecule has 32 heavy (non-hydrogen) atoms. The second kappa shape index (κ2) is 12.0. The molecule has 0 bridgehead atoms. The van der Waals surface area contributed by atoms with Crippen LogP contribution in [0, 0.1) is 5.92 Å². The molecule has 1 aromatic rings. The van der Waals surface area contributed by atoms with Crippen LogP contribution in [0.1, 0.15) is 108 Å². The van der Waals surface area contributed by atoms with Crippen LogP contribution in [-0.4, -0.2) is 35.2 Å². The van der Waals surface area contributed by atoms with Gasteiger partial charge in [0.2, 0.25) is 0 Å². The van der Waals surface area contributed by atoms with Crippen molar-refractivity contribution in [3.8, 4) is 0 Å². The highest BCUT2D eigenvalue weighted by Gasteiger charge is 2.33. The number of amides is 2. The highest BCUT2D eigenvalue weighted by Crippen LogP contribution is 2.33. The summed E-state index contributed by atoms with van der Waals surface area (Å²) in [5, 5.41) is 3.84. The van der Waals surface area contributed by atoms with Gasteiger partial charge in [0.1, 0.15) is 6.04 Å². The topological polar surface area (TPSA) is 41.6 Å². The largest absolute Gasteiger partial charge is 0.485 e. The summed E-state index contributed by atoms with van der Waals surface area (Å²) in [5.74, 6) is 1.55. The van der Waals surface area contributed by atoms with Crippen molar-refractivity contribution in [2.75, 3.05) is 18.5 Å². The Morgan fingerprint density at radius 1 is 1.06 bits per heavy atom. The number of rotatable bonds is 8. The third kappa shape index (κ3) is 6.46. The van der Waals surface area contributed by atoms with Crippen molar-refractivity contribution in [1.82, 2.24) is 4.90 Å². The molecular weight excluding hydrogens is 416 g/mol. The number of benzene rings is 1.